The third-order valence-corrected chi connectivity index (χ3v) is 3.68. The van der Waals surface area contributed by atoms with Gasteiger partial charge in [-0.3, -0.25) is 4.79 Å². The first kappa shape index (κ1) is 14.0. The summed E-state index contributed by atoms with van der Waals surface area (Å²) in [6.45, 7) is 9.33. The normalized spacial score (nSPS) is 21.3. The summed E-state index contributed by atoms with van der Waals surface area (Å²) in [4.78, 5) is 11.1. The highest BCUT2D eigenvalue weighted by molar-refractivity contribution is 5.69. The van der Waals surface area contributed by atoms with Gasteiger partial charge in [-0.25, -0.2) is 0 Å². The molecule has 1 aliphatic heterocycles. The minimum absolute atomic E-state index is 0.357. The highest BCUT2D eigenvalue weighted by atomic mass is 16.7. The van der Waals surface area contributed by atoms with Crippen LogP contribution in [0.5, 0.6) is 5.75 Å². The molecule has 104 valence electrons. The lowest BCUT2D eigenvalue weighted by atomic mass is 9.90. The Hall–Kier alpha value is -1.39. The van der Waals surface area contributed by atoms with E-state index in [0.29, 0.717) is 5.75 Å². The minimum Gasteiger partial charge on any atom is -0.426 e. The first-order chi connectivity index (χ1) is 8.73. The largest absolute Gasteiger partial charge is 0.426 e. The number of rotatable bonds is 2. The number of carbonyl (C=O) groups is 1. The summed E-state index contributed by atoms with van der Waals surface area (Å²) >= 11 is 0. The number of esters is 1. The number of para-hydroxylation sites is 1. The third kappa shape index (κ3) is 2.65. The van der Waals surface area contributed by atoms with E-state index in [1.54, 1.807) is 6.07 Å². The lowest BCUT2D eigenvalue weighted by molar-refractivity contribution is -0.132. The van der Waals surface area contributed by atoms with Crippen LogP contribution in [-0.2, 0) is 14.3 Å². The number of benzene rings is 1. The van der Waals surface area contributed by atoms with Gasteiger partial charge in [0.1, 0.15) is 5.75 Å². The molecule has 0 aromatic heterocycles. The van der Waals surface area contributed by atoms with E-state index in [1.807, 2.05) is 45.9 Å². The van der Waals surface area contributed by atoms with Gasteiger partial charge in [0, 0.05) is 6.92 Å². The van der Waals surface area contributed by atoms with Crippen molar-refractivity contribution in [1.29, 1.82) is 0 Å². The van der Waals surface area contributed by atoms with Crippen molar-refractivity contribution in [3.8, 4) is 5.75 Å². The minimum atomic E-state index is -0.527. The Morgan fingerprint density at radius 1 is 1.11 bits per heavy atom. The van der Waals surface area contributed by atoms with Crippen LogP contribution < -0.4 is 4.74 Å². The molecule has 4 nitrogen and oxygen atoms in total. The molecule has 0 bridgehead atoms. The summed E-state index contributed by atoms with van der Waals surface area (Å²) in [7, 11) is 0. The van der Waals surface area contributed by atoms with Gasteiger partial charge in [0.05, 0.1) is 16.8 Å². The van der Waals surface area contributed by atoms with Crippen LogP contribution in [0.4, 0.5) is 0 Å². The Morgan fingerprint density at radius 2 is 1.63 bits per heavy atom. The summed E-state index contributed by atoms with van der Waals surface area (Å²) < 4.78 is 17.1. The predicted molar refractivity (Wildman–Crippen MR) is 70.8 cm³/mol. The van der Waals surface area contributed by atoms with Gasteiger partial charge in [-0.1, -0.05) is 18.2 Å². The zero-order chi connectivity index (χ0) is 14.3. The number of hydrogen-bond donors (Lipinski definition) is 0. The van der Waals surface area contributed by atoms with E-state index >= 15 is 0 Å². The van der Waals surface area contributed by atoms with Gasteiger partial charge in [0.15, 0.2) is 6.29 Å². The molecule has 0 N–H and O–H groups in total. The fraction of sp³-hybridized carbons (Fsp3) is 0.533. The monoisotopic (exact) mass is 264 g/mol. The molecule has 1 aromatic rings. The molecule has 0 atom stereocenters. The van der Waals surface area contributed by atoms with Gasteiger partial charge < -0.3 is 14.2 Å². The van der Waals surface area contributed by atoms with Crippen molar-refractivity contribution in [2.24, 2.45) is 0 Å². The molecule has 0 saturated carbocycles. The van der Waals surface area contributed by atoms with Crippen LogP contribution in [0, 0.1) is 0 Å². The Balaban J connectivity index is 2.32. The predicted octanol–water partition coefficient (Wildman–Crippen LogP) is 3.21. The molecule has 1 fully saturated rings. The zero-order valence-corrected chi connectivity index (χ0v) is 12.0. The van der Waals surface area contributed by atoms with Gasteiger partial charge in [-0.15, -0.1) is 0 Å². The molecule has 1 aromatic carbocycles. The van der Waals surface area contributed by atoms with Crippen molar-refractivity contribution in [3.05, 3.63) is 29.8 Å². The van der Waals surface area contributed by atoms with Gasteiger partial charge in [0.2, 0.25) is 0 Å². The highest BCUT2D eigenvalue weighted by Gasteiger charge is 2.50. The molecular weight excluding hydrogens is 244 g/mol. The zero-order valence-electron chi connectivity index (χ0n) is 12.0. The number of hydrogen-bond acceptors (Lipinski definition) is 4. The van der Waals surface area contributed by atoms with E-state index < -0.39 is 17.5 Å². The smallest absolute Gasteiger partial charge is 0.308 e. The number of carbonyl (C=O) groups excluding carboxylic acids is 1. The Kier molecular flexibility index (Phi) is 3.41. The number of ether oxygens (including phenoxy) is 3. The van der Waals surface area contributed by atoms with Gasteiger partial charge >= 0.3 is 5.97 Å². The Morgan fingerprint density at radius 3 is 2.16 bits per heavy atom. The maximum absolute atomic E-state index is 11.1. The van der Waals surface area contributed by atoms with Crippen molar-refractivity contribution >= 4 is 5.97 Å². The highest BCUT2D eigenvalue weighted by Crippen LogP contribution is 2.46. The summed E-state index contributed by atoms with van der Waals surface area (Å²) in [5.41, 5.74) is -0.0986. The van der Waals surface area contributed by atoms with Crippen molar-refractivity contribution in [3.63, 3.8) is 0 Å². The molecule has 0 unspecified atom stereocenters. The first-order valence-corrected chi connectivity index (χ1v) is 6.36. The Labute approximate surface area is 113 Å². The van der Waals surface area contributed by atoms with Crippen LogP contribution in [0.2, 0.25) is 0 Å². The second-order valence-corrected chi connectivity index (χ2v) is 5.72. The average molecular weight is 264 g/mol. The molecule has 0 spiro atoms. The summed E-state index contributed by atoms with van der Waals surface area (Å²) in [5.74, 6) is 0.123. The van der Waals surface area contributed by atoms with E-state index in [-0.39, 0.29) is 5.97 Å². The molecule has 19 heavy (non-hydrogen) atoms. The quantitative estimate of drug-likeness (QED) is 0.607. The molecule has 0 aliphatic carbocycles. The van der Waals surface area contributed by atoms with Crippen LogP contribution in [0.1, 0.15) is 46.5 Å². The van der Waals surface area contributed by atoms with E-state index in [4.69, 9.17) is 14.2 Å². The van der Waals surface area contributed by atoms with Crippen molar-refractivity contribution in [1.82, 2.24) is 0 Å². The lowest BCUT2D eigenvalue weighted by Crippen LogP contribution is -2.41. The van der Waals surface area contributed by atoms with Crippen molar-refractivity contribution in [2.45, 2.75) is 52.1 Å². The molecule has 1 aliphatic rings. The standard InChI is InChI=1S/C15H20O4/c1-10(16)17-12-9-7-6-8-11(12)13-18-14(2,3)15(4,5)19-13/h6-9,13H,1-5H3. The topological polar surface area (TPSA) is 44.8 Å². The van der Waals surface area contributed by atoms with E-state index in [2.05, 4.69) is 0 Å². The average Bonchev–Trinajstić information content (AvgIpc) is 2.48. The molecular formula is C15H20O4. The van der Waals surface area contributed by atoms with Gasteiger partial charge in [0.25, 0.3) is 0 Å². The summed E-state index contributed by atoms with van der Waals surface area (Å²) in [6, 6.07) is 7.27. The second-order valence-electron chi connectivity index (χ2n) is 5.72. The van der Waals surface area contributed by atoms with Gasteiger partial charge in [-0.05, 0) is 33.8 Å². The Bertz CT molecular complexity index is 475. The van der Waals surface area contributed by atoms with E-state index in [0.717, 1.165) is 5.56 Å². The lowest BCUT2D eigenvalue weighted by Gasteiger charge is -2.30. The van der Waals surface area contributed by atoms with Gasteiger partial charge in [-0.2, -0.15) is 0 Å². The first-order valence-electron chi connectivity index (χ1n) is 6.36. The van der Waals surface area contributed by atoms with Crippen LogP contribution in [-0.4, -0.2) is 17.2 Å². The van der Waals surface area contributed by atoms with Crippen molar-refractivity contribution in [2.75, 3.05) is 0 Å². The molecule has 2 rings (SSSR count). The molecule has 0 radical (unpaired) electrons. The van der Waals surface area contributed by atoms with Crippen LogP contribution >= 0.6 is 0 Å². The fourth-order valence-corrected chi connectivity index (χ4v) is 1.89. The molecule has 1 heterocycles. The summed E-state index contributed by atoms with van der Waals surface area (Å²) in [6.07, 6.45) is -0.527. The van der Waals surface area contributed by atoms with Crippen LogP contribution in [0.25, 0.3) is 0 Å². The molecule has 4 heteroatoms. The van der Waals surface area contributed by atoms with Crippen molar-refractivity contribution < 1.29 is 19.0 Å². The van der Waals surface area contributed by atoms with E-state index in [9.17, 15) is 4.79 Å². The van der Waals surface area contributed by atoms with Crippen LogP contribution in [0.15, 0.2) is 24.3 Å². The third-order valence-electron chi connectivity index (χ3n) is 3.68. The van der Waals surface area contributed by atoms with Crippen LogP contribution in [0.3, 0.4) is 0 Å². The summed E-state index contributed by atoms with van der Waals surface area (Å²) in [5, 5.41) is 0. The second kappa shape index (κ2) is 4.62. The fourth-order valence-electron chi connectivity index (χ4n) is 1.89. The molecule has 1 saturated heterocycles. The maximum Gasteiger partial charge on any atom is 0.308 e. The SMILES string of the molecule is CC(=O)Oc1ccccc1C1OC(C)(C)C(C)(C)O1. The van der Waals surface area contributed by atoms with E-state index in [1.165, 1.54) is 6.92 Å². The molecule has 0 amide bonds. The maximum atomic E-state index is 11.1.